The Kier molecular flexibility index (Phi) is 8.68. The normalized spacial score (nSPS) is 22.8. The quantitative estimate of drug-likeness (QED) is 0.369. The Hall–Kier alpha value is -1.45. The van der Waals surface area contributed by atoms with Gasteiger partial charge in [-0.15, -0.1) is 0 Å². The Morgan fingerprint density at radius 1 is 1.22 bits per heavy atom. The van der Waals surface area contributed by atoms with E-state index in [1.54, 1.807) is 6.07 Å². The summed E-state index contributed by atoms with van der Waals surface area (Å²) in [6, 6.07) is 5.42. The Balaban J connectivity index is 0.00000361. The molecule has 0 saturated heterocycles. The van der Waals surface area contributed by atoms with Crippen molar-refractivity contribution in [1.82, 2.24) is 4.57 Å². The molecular weight excluding hydrogens is 492 g/mol. The van der Waals surface area contributed by atoms with Gasteiger partial charge in [0.25, 0.3) is 13.7 Å². The monoisotopic (exact) mass is 525 g/mol. The summed E-state index contributed by atoms with van der Waals surface area (Å²) in [6.45, 7) is 8.18. The molecule has 0 aliphatic heterocycles. The van der Waals surface area contributed by atoms with Crippen LogP contribution in [0.1, 0.15) is 83.6 Å². The van der Waals surface area contributed by atoms with E-state index in [-0.39, 0.29) is 46.8 Å². The van der Waals surface area contributed by atoms with E-state index in [2.05, 4.69) is 23.7 Å². The van der Waals surface area contributed by atoms with Crippen molar-refractivity contribution in [3.63, 3.8) is 0 Å². The first kappa shape index (κ1) is 29.1. The molecule has 0 bridgehead atoms. The fourth-order valence-electron chi connectivity index (χ4n) is 5.53. The number of phosphoric acid groups is 1. The first-order chi connectivity index (χ1) is 16.3. The van der Waals surface area contributed by atoms with Gasteiger partial charge in [-0.1, -0.05) is 13.8 Å². The molecule has 36 heavy (non-hydrogen) atoms. The molecule has 4 rings (SSSR count). The second-order valence-corrected chi connectivity index (χ2v) is 11.7. The van der Waals surface area contributed by atoms with Gasteiger partial charge in [0.2, 0.25) is 0 Å². The number of nitrogens with one attached hydrogen (secondary N) is 1. The van der Waals surface area contributed by atoms with E-state index >= 15 is 0 Å². The number of rotatable bonds is 6. The van der Waals surface area contributed by atoms with Gasteiger partial charge in [0.05, 0.1) is 11.7 Å². The molecule has 1 atom stereocenters. The standard InChI is InChI=1S/C25H34N3O6P.Na/c1-14-15(2)28(21-12-25(3,4)13-22(29)23(14)21)17-7-10-19(24(26)30)20(11-17)27-16-5-8-18(9-6-16)34-35(31,32)33;/h7,10-11,16,18,27H,5-6,8-9,12-13H2,1-4H3,(H2,26,30)(H2,31,32,33);/q;+1/p-1. The Labute approximate surface area is 233 Å². The summed E-state index contributed by atoms with van der Waals surface area (Å²) in [5.74, 6) is -0.394. The fraction of sp³-hybridized carbons (Fsp3) is 0.520. The summed E-state index contributed by atoms with van der Waals surface area (Å²) in [6.07, 6.45) is 2.85. The maximum Gasteiger partial charge on any atom is 1.00 e. The second kappa shape index (κ2) is 10.7. The van der Waals surface area contributed by atoms with Crippen LogP contribution in [0.15, 0.2) is 18.2 Å². The molecule has 1 heterocycles. The Morgan fingerprint density at radius 2 is 1.86 bits per heavy atom. The smallest absolute Gasteiger partial charge is 0.756 e. The molecule has 1 saturated carbocycles. The van der Waals surface area contributed by atoms with Crippen LogP contribution in [0.2, 0.25) is 0 Å². The van der Waals surface area contributed by atoms with Crippen LogP contribution in [0.3, 0.4) is 0 Å². The molecule has 0 spiro atoms. The minimum absolute atomic E-state index is 0. The number of fused-ring (bicyclic) bond motifs is 1. The molecule has 0 radical (unpaired) electrons. The molecule has 4 N–H and O–H groups in total. The zero-order chi connectivity index (χ0) is 25.7. The number of primary amides is 1. The molecule has 11 heteroatoms. The predicted octanol–water partition coefficient (Wildman–Crippen LogP) is 0.553. The summed E-state index contributed by atoms with van der Waals surface area (Å²) < 4.78 is 17.9. The van der Waals surface area contributed by atoms with Crippen molar-refractivity contribution in [2.24, 2.45) is 11.1 Å². The number of Topliss-reactive ketones (excluding diaryl/α,β-unsaturated/α-hetero) is 1. The Morgan fingerprint density at radius 3 is 2.44 bits per heavy atom. The third-order valence-corrected chi connectivity index (χ3v) is 7.78. The van der Waals surface area contributed by atoms with Crippen LogP contribution in [0.5, 0.6) is 0 Å². The number of benzene rings is 1. The molecule has 1 aromatic heterocycles. The van der Waals surface area contributed by atoms with Gasteiger partial charge in [-0.2, -0.15) is 0 Å². The van der Waals surface area contributed by atoms with Crippen molar-refractivity contribution in [3.8, 4) is 5.69 Å². The van der Waals surface area contributed by atoms with Gasteiger partial charge in [-0.3, -0.25) is 14.2 Å². The number of amides is 1. The van der Waals surface area contributed by atoms with Gasteiger partial charge >= 0.3 is 29.6 Å². The van der Waals surface area contributed by atoms with Crippen LogP contribution in [0, 0.1) is 19.3 Å². The maximum atomic E-state index is 13.0. The molecule has 1 unspecified atom stereocenters. The average molecular weight is 526 g/mol. The molecule has 9 nitrogen and oxygen atoms in total. The van der Waals surface area contributed by atoms with Crippen LogP contribution in [-0.4, -0.2) is 33.3 Å². The number of nitrogens with two attached hydrogens (primary N) is 1. The van der Waals surface area contributed by atoms with Gasteiger partial charge in [-0.25, -0.2) is 0 Å². The molecule has 1 amide bonds. The van der Waals surface area contributed by atoms with E-state index < -0.39 is 19.8 Å². The Bertz CT molecular complexity index is 1230. The van der Waals surface area contributed by atoms with Crippen LogP contribution in [-0.2, 0) is 15.5 Å². The van der Waals surface area contributed by atoms with Gasteiger partial charge in [0.1, 0.15) is 0 Å². The van der Waals surface area contributed by atoms with Crippen molar-refractivity contribution in [3.05, 3.63) is 46.3 Å². The summed E-state index contributed by atoms with van der Waals surface area (Å²) in [4.78, 5) is 45.1. The van der Waals surface area contributed by atoms with Crippen molar-refractivity contribution < 1.29 is 58.0 Å². The van der Waals surface area contributed by atoms with E-state index in [1.165, 1.54) is 0 Å². The van der Waals surface area contributed by atoms with Crippen molar-refractivity contribution in [2.75, 3.05) is 5.32 Å². The largest absolute Gasteiger partial charge is 1.00 e. The van der Waals surface area contributed by atoms with Crippen molar-refractivity contribution in [2.45, 2.75) is 78.4 Å². The first-order valence-corrected chi connectivity index (χ1v) is 13.4. The molecule has 1 aromatic carbocycles. The molecule has 1 fully saturated rings. The van der Waals surface area contributed by atoms with E-state index in [9.17, 15) is 19.0 Å². The maximum absolute atomic E-state index is 13.0. The number of hydrogen-bond donors (Lipinski definition) is 3. The number of carbonyl (C=O) groups is 2. The molecule has 190 valence electrons. The first-order valence-electron chi connectivity index (χ1n) is 11.9. The average Bonchev–Trinajstić information content (AvgIpc) is 2.97. The number of nitrogens with zero attached hydrogens (tertiary/aromatic N) is 1. The fourth-order valence-corrected chi connectivity index (χ4v) is 6.12. The van der Waals surface area contributed by atoms with Gasteiger partial charge in [-0.05, 0) is 75.1 Å². The van der Waals surface area contributed by atoms with Crippen LogP contribution in [0.4, 0.5) is 5.69 Å². The summed E-state index contributed by atoms with van der Waals surface area (Å²) in [5, 5.41) is 3.41. The zero-order valence-corrected chi connectivity index (χ0v) is 24.5. The number of aromatic nitrogens is 1. The third kappa shape index (κ3) is 6.16. The number of ketones is 1. The van der Waals surface area contributed by atoms with Gasteiger partial charge in [0.15, 0.2) is 5.78 Å². The number of anilines is 1. The predicted molar refractivity (Wildman–Crippen MR) is 131 cm³/mol. The molecule has 2 aromatic rings. The minimum Gasteiger partial charge on any atom is -0.756 e. The molecule has 2 aliphatic carbocycles. The van der Waals surface area contributed by atoms with Crippen molar-refractivity contribution in [1.29, 1.82) is 0 Å². The zero-order valence-electron chi connectivity index (χ0n) is 21.6. The third-order valence-electron chi connectivity index (χ3n) is 7.22. The molecular formula is C25H33N3NaO6P. The summed E-state index contributed by atoms with van der Waals surface area (Å²) >= 11 is 0. The van der Waals surface area contributed by atoms with E-state index in [1.807, 2.05) is 26.0 Å². The van der Waals surface area contributed by atoms with Gasteiger partial charge in [0, 0.05) is 40.8 Å². The van der Waals surface area contributed by atoms with Crippen LogP contribution in [0.25, 0.3) is 5.69 Å². The topological polar surface area (TPSA) is 147 Å². The SMILES string of the molecule is Cc1c2c(n(-c3ccc(C(N)=O)c(NC4CCC(OP(=O)([O-])O)CC4)c3)c1C)CC(C)(C)CC2=O.[Na+]. The van der Waals surface area contributed by atoms with E-state index in [0.29, 0.717) is 43.4 Å². The van der Waals surface area contributed by atoms with Crippen LogP contribution < -0.4 is 45.5 Å². The number of phosphoric ester groups is 1. The van der Waals surface area contributed by atoms with E-state index in [0.717, 1.165) is 34.6 Å². The number of hydrogen-bond acceptors (Lipinski definition) is 6. The second-order valence-electron chi connectivity index (χ2n) is 10.6. The summed E-state index contributed by atoms with van der Waals surface area (Å²) in [7, 11) is -4.77. The number of carbonyl (C=O) groups excluding carboxylic acids is 2. The molecule has 2 aliphatic rings. The van der Waals surface area contributed by atoms with Crippen LogP contribution >= 0.6 is 7.82 Å². The minimum atomic E-state index is -4.77. The van der Waals surface area contributed by atoms with Crippen molar-refractivity contribution >= 4 is 25.2 Å². The summed E-state index contributed by atoms with van der Waals surface area (Å²) in [5.41, 5.74) is 11.1. The van der Waals surface area contributed by atoms with Gasteiger partial charge < -0.3 is 29.9 Å². The van der Waals surface area contributed by atoms with E-state index in [4.69, 9.17) is 15.2 Å².